The molecule has 0 rings (SSSR count). The van der Waals surface area contributed by atoms with Crippen LogP contribution in [0.25, 0.3) is 0 Å². The van der Waals surface area contributed by atoms with E-state index in [4.69, 9.17) is 4.74 Å². The summed E-state index contributed by atoms with van der Waals surface area (Å²) in [5.41, 5.74) is 0.509. The lowest BCUT2D eigenvalue weighted by Crippen LogP contribution is -2.26. The van der Waals surface area contributed by atoms with E-state index >= 15 is 0 Å². The summed E-state index contributed by atoms with van der Waals surface area (Å²) in [5.74, 6) is -0.857. The van der Waals surface area contributed by atoms with Crippen LogP contribution in [0.3, 0.4) is 0 Å². The fourth-order valence-electron chi connectivity index (χ4n) is 0.912. The first-order valence-electron chi connectivity index (χ1n) is 5.23. The Morgan fingerprint density at radius 3 is 1.81 bits per heavy atom. The van der Waals surface area contributed by atoms with Crippen LogP contribution in [0.1, 0.15) is 41.5 Å². The highest BCUT2D eigenvalue weighted by atomic mass is 16.6. The maximum absolute atomic E-state index is 11.7. The van der Waals surface area contributed by atoms with Gasteiger partial charge in [0.2, 0.25) is 0 Å². The minimum absolute atomic E-state index is 0.0797. The Morgan fingerprint density at radius 1 is 1.00 bits per heavy atom. The highest BCUT2D eigenvalue weighted by molar-refractivity contribution is 6.16. The third kappa shape index (κ3) is 6.17. The topological polar surface area (TPSA) is 43.4 Å². The molecule has 0 atom stereocenters. The second-order valence-electron chi connectivity index (χ2n) is 4.88. The Bertz CT molecular complexity index is 337. The molecule has 0 bridgehead atoms. The summed E-state index contributed by atoms with van der Waals surface area (Å²) in [7, 11) is 0. The lowest BCUT2D eigenvalue weighted by Gasteiger charge is -2.19. The van der Waals surface area contributed by atoms with Gasteiger partial charge in [0.25, 0.3) is 0 Å². The van der Waals surface area contributed by atoms with Crippen molar-refractivity contribution in [2.45, 2.75) is 47.1 Å². The fourth-order valence-corrected chi connectivity index (χ4v) is 0.912. The fraction of sp³-hybridized carbons (Fsp3) is 0.538. The zero-order chi connectivity index (χ0) is 12.9. The van der Waals surface area contributed by atoms with Crippen molar-refractivity contribution in [3.05, 3.63) is 23.3 Å². The number of ether oxygens (including phenoxy) is 1. The van der Waals surface area contributed by atoms with Gasteiger partial charge in [0.1, 0.15) is 11.2 Å². The third-order valence-corrected chi connectivity index (χ3v) is 1.58. The van der Waals surface area contributed by atoms with Gasteiger partial charge < -0.3 is 4.74 Å². The zero-order valence-corrected chi connectivity index (χ0v) is 10.9. The highest BCUT2D eigenvalue weighted by Gasteiger charge is 2.21. The summed E-state index contributed by atoms with van der Waals surface area (Å²) in [6.07, 6.45) is 3.23. The number of ketones is 1. The van der Waals surface area contributed by atoms with Gasteiger partial charge in [0, 0.05) is 0 Å². The minimum atomic E-state index is -0.587. The maximum atomic E-state index is 11.7. The Hall–Kier alpha value is -1.38. The molecule has 0 aromatic rings. The van der Waals surface area contributed by atoms with Gasteiger partial charge in [-0.05, 0) is 47.6 Å². The minimum Gasteiger partial charge on any atom is -0.456 e. The molecule has 0 radical (unpaired) electrons. The molecule has 90 valence electrons. The molecule has 0 spiro atoms. The van der Waals surface area contributed by atoms with Crippen LogP contribution in [0.4, 0.5) is 0 Å². The molecule has 0 aromatic heterocycles. The van der Waals surface area contributed by atoms with Gasteiger partial charge >= 0.3 is 5.97 Å². The lowest BCUT2D eigenvalue weighted by molar-refractivity contribution is -0.150. The van der Waals surface area contributed by atoms with Gasteiger partial charge in [-0.15, -0.1) is 0 Å². The van der Waals surface area contributed by atoms with Crippen LogP contribution in [-0.2, 0) is 14.3 Å². The van der Waals surface area contributed by atoms with Crippen molar-refractivity contribution < 1.29 is 14.3 Å². The van der Waals surface area contributed by atoms with Crippen LogP contribution >= 0.6 is 0 Å². The number of hydrogen-bond acceptors (Lipinski definition) is 3. The molecule has 0 aliphatic heterocycles. The van der Waals surface area contributed by atoms with Gasteiger partial charge in [-0.25, -0.2) is 4.79 Å². The molecule has 3 nitrogen and oxygen atoms in total. The Kier molecular flexibility index (Phi) is 5.15. The van der Waals surface area contributed by atoms with E-state index in [0.29, 0.717) is 0 Å². The first-order chi connectivity index (χ1) is 7.13. The largest absolute Gasteiger partial charge is 0.456 e. The number of Topliss-reactive ketones (excluding diaryl/α,β-unsaturated/α-hetero) is 1. The molecular weight excluding hydrogens is 204 g/mol. The average Bonchev–Trinajstić information content (AvgIpc) is 1.98. The van der Waals surface area contributed by atoms with Crippen LogP contribution < -0.4 is 0 Å². The molecule has 0 aromatic carbocycles. The number of carbonyl (C=O) groups excluding carboxylic acids is 2. The summed E-state index contributed by atoms with van der Waals surface area (Å²) in [6.45, 7) is 10.4. The van der Waals surface area contributed by atoms with Crippen LogP contribution in [0.15, 0.2) is 23.3 Å². The molecule has 16 heavy (non-hydrogen) atoms. The normalized spacial score (nSPS) is 12.0. The quantitative estimate of drug-likeness (QED) is 0.243. The molecule has 0 N–H and O–H groups in total. The van der Waals surface area contributed by atoms with Crippen molar-refractivity contribution in [1.29, 1.82) is 0 Å². The Labute approximate surface area is 97.2 Å². The van der Waals surface area contributed by atoms with Gasteiger partial charge in [-0.2, -0.15) is 0 Å². The second kappa shape index (κ2) is 5.64. The summed E-state index contributed by atoms with van der Waals surface area (Å²) >= 11 is 0. The average molecular weight is 224 g/mol. The number of carbonyl (C=O) groups is 2. The van der Waals surface area contributed by atoms with E-state index in [9.17, 15) is 9.59 Å². The van der Waals surface area contributed by atoms with E-state index in [1.165, 1.54) is 13.0 Å². The van der Waals surface area contributed by atoms with E-state index in [-0.39, 0.29) is 11.4 Å². The summed E-state index contributed by atoms with van der Waals surface area (Å²) in [5, 5.41) is 0. The van der Waals surface area contributed by atoms with Crippen LogP contribution in [0.2, 0.25) is 0 Å². The maximum Gasteiger partial charge on any atom is 0.342 e. The number of allylic oxidation sites excluding steroid dienone is 3. The van der Waals surface area contributed by atoms with Crippen molar-refractivity contribution in [3.63, 3.8) is 0 Å². The molecular formula is C13H20O3. The molecule has 0 heterocycles. The molecule has 0 saturated carbocycles. The zero-order valence-electron chi connectivity index (χ0n) is 10.9. The van der Waals surface area contributed by atoms with Crippen molar-refractivity contribution in [2.24, 2.45) is 0 Å². The van der Waals surface area contributed by atoms with Crippen LogP contribution in [0, 0.1) is 0 Å². The first kappa shape index (κ1) is 14.6. The van der Waals surface area contributed by atoms with Crippen LogP contribution in [0.5, 0.6) is 0 Å². The SMILES string of the molecule is CC(=O)/C(=C\C=C(C)C)C(=O)OC(C)(C)C. The van der Waals surface area contributed by atoms with Gasteiger partial charge in [0.05, 0.1) is 0 Å². The summed E-state index contributed by atoms with van der Waals surface area (Å²) in [6, 6.07) is 0. The van der Waals surface area contributed by atoms with E-state index in [1.807, 2.05) is 13.8 Å². The smallest absolute Gasteiger partial charge is 0.342 e. The van der Waals surface area contributed by atoms with E-state index in [1.54, 1.807) is 26.8 Å². The monoisotopic (exact) mass is 224 g/mol. The van der Waals surface area contributed by atoms with Crippen LogP contribution in [-0.4, -0.2) is 17.4 Å². The van der Waals surface area contributed by atoms with Gasteiger partial charge in [-0.3, -0.25) is 4.79 Å². The van der Waals surface area contributed by atoms with Gasteiger partial charge in [-0.1, -0.05) is 11.6 Å². The molecule has 0 saturated heterocycles. The Morgan fingerprint density at radius 2 is 1.50 bits per heavy atom. The van der Waals surface area contributed by atoms with E-state index < -0.39 is 11.6 Å². The van der Waals surface area contributed by atoms with Crippen molar-refractivity contribution in [3.8, 4) is 0 Å². The predicted molar refractivity (Wildman–Crippen MR) is 64.0 cm³/mol. The second-order valence-corrected chi connectivity index (χ2v) is 4.88. The van der Waals surface area contributed by atoms with Crippen molar-refractivity contribution in [2.75, 3.05) is 0 Å². The third-order valence-electron chi connectivity index (χ3n) is 1.58. The molecule has 3 heteroatoms. The standard InChI is InChI=1S/C13H20O3/c1-9(2)7-8-11(10(3)14)12(15)16-13(4,5)6/h7-8H,1-6H3/b11-8+. The Balaban J connectivity index is 4.96. The van der Waals surface area contributed by atoms with Crippen molar-refractivity contribution >= 4 is 11.8 Å². The molecule has 0 unspecified atom stereocenters. The molecule has 0 fully saturated rings. The predicted octanol–water partition coefficient (Wildman–Crippen LogP) is 2.81. The summed E-state index contributed by atoms with van der Waals surface area (Å²) < 4.78 is 5.14. The number of esters is 1. The van der Waals surface area contributed by atoms with E-state index in [0.717, 1.165) is 5.57 Å². The lowest BCUT2D eigenvalue weighted by atomic mass is 10.1. The number of rotatable bonds is 3. The molecule has 0 aliphatic carbocycles. The molecule has 0 amide bonds. The molecule has 0 aliphatic rings. The van der Waals surface area contributed by atoms with Gasteiger partial charge in [0.15, 0.2) is 5.78 Å². The van der Waals surface area contributed by atoms with Crippen molar-refractivity contribution in [1.82, 2.24) is 0 Å². The highest BCUT2D eigenvalue weighted by Crippen LogP contribution is 2.12. The first-order valence-corrected chi connectivity index (χ1v) is 5.23. The summed E-state index contributed by atoms with van der Waals surface area (Å²) in [4.78, 5) is 23.0. The number of hydrogen-bond donors (Lipinski definition) is 0. The van der Waals surface area contributed by atoms with E-state index in [2.05, 4.69) is 0 Å².